The second kappa shape index (κ2) is 13.9. The molecule has 3 aromatic rings. The summed E-state index contributed by atoms with van der Waals surface area (Å²) < 4.78 is 26.8. The highest BCUT2D eigenvalue weighted by Crippen LogP contribution is 2.34. The molecule has 0 saturated carbocycles. The maximum Gasteiger partial charge on any atom is 0.371 e. The van der Waals surface area contributed by atoms with Gasteiger partial charge in [-0.05, 0) is 71.3 Å². The third kappa shape index (κ3) is 8.05. The molecule has 3 rings (SSSR count). The van der Waals surface area contributed by atoms with Gasteiger partial charge >= 0.3 is 17.9 Å². The van der Waals surface area contributed by atoms with Crippen LogP contribution >= 0.6 is 0 Å². The maximum atomic E-state index is 12.0. The number of hydrogen-bond donors (Lipinski definition) is 4. The van der Waals surface area contributed by atoms with E-state index < -0.39 is 29.4 Å². The average molecular weight is 579 g/mol. The molecule has 0 saturated heterocycles. The molecule has 0 atom stereocenters. The van der Waals surface area contributed by atoms with Crippen molar-refractivity contribution < 1.29 is 58.5 Å². The number of benzene rings is 3. The zero-order chi connectivity index (χ0) is 30.8. The fourth-order valence-corrected chi connectivity index (χ4v) is 3.49. The topological polar surface area (TPSA) is 178 Å². The van der Waals surface area contributed by atoms with Crippen LogP contribution in [0.3, 0.4) is 0 Å². The molecule has 0 unspecified atom stereocenters. The minimum Gasteiger partial charge on any atom is -0.504 e. The van der Waals surface area contributed by atoms with Crippen LogP contribution in [0.1, 0.15) is 16.7 Å². The fourth-order valence-electron chi connectivity index (χ4n) is 3.49. The molecule has 0 aliphatic rings. The van der Waals surface area contributed by atoms with Gasteiger partial charge in [-0.15, -0.1) is 0 Å². The highest BCUT2D eigenvalue weighted by Gasteiger charge is 2.17. The smallest absolute Gasteiger partial charge is 0.371 e. The Morgan fingerprint density at radius 3 is 1.48 bits per heavy atom. The van der Waals surface area contributed by atoms with E-state index in [-0.39, 0.29) is 34.5 Å². The molecule has 0 aromatic heterocycles. The van der Waals surface area contributed by atoms with E-state index in [1.807, 2.05) is 0 Å². The molecule has 218 valence electrons. The zero-order valence-corrected chi connectivity index (χ0v) is 22.6. The average Bonchev–Trinajstić information content (AvgIpc) is 2.96. The number of aliphatic carboxylic acids is 3. The number of phenolic OH excluding ortho intramolecular Hbond substituents is 1. The first kappa shape index (κ1) is 30.6. The summed E-state index contributed by atoms with van der Waals surface area (Å²) in [6.45, 7) is 0. The lowest BCUT2D eigenvalue weighted by Crippen LogP contribution is -2.09. The van der Waals surface area contributed by atoms with Crippen molar-refractivity contribution in [2.75, 3.05) is 21.3 Å². The van der Waals surface area contributed by atoms with Crippen LogP contribution in [0.4, 0.5) is 0 Å². The number of hydrogen-bond acceptors (Lipinski definition) is 9. The number of aromatic hydroxyl groups is 1. The summed E-state index contributed by atoms with van der Waals surface area (Å²) in [7, 11) is 4.02. The lowest BCUT2D eigenvalue weighted by Gasteiger charge is -2.13. The van der Waals surface area contributed by atoms with Crippen LogP contribution in [0.2, 0.25) is 0 Å². The maximum absolute atomic E-state index is 12.0. The molecule has 0 aliphatic heterocycles. The van der Waals surface area contributed by atoms with Crippen LogP contribution in [0.5, 0.6) is 34.5 Å². The van der Waals surface area contributed by atoms with Gasteiger partial charge in [-0.25, -0.2) is 14.4 Å². The summed E-state index contributed by atoms with van der Waals surface area (Å²) >= 11 is 0. The molecule has 4 N–H and O–H groups in total. The van der Waals surface area contributed by atoms with Gasteiger partial charge in [0, 0.05) is 6.08 Å². The van der Waals surface area contributed by atoms with E-state index in [1.165, 1.54) is 94.2 Å². The molecule has 0 aliphatic carbocycles. The van der Waals surface area contributed by atoms with Crippen LogP contribution < -0.4 is 23.7 Å². The van der Waals surface area contributed by atoms with Crippen LogP contribution in [0, 0.1) is 0 Å². The largest absolute Gasteiger partial charge is 0.504 e. The summed E-state index contributed by atoms with van der Waals surface area (Å²) in [4.78, 5) is 34.6. The third-order valence-corrected chi connectivity index (χ3v) is 5.45. The normalized spacial score (nSPS) is 11.6. The van der Waals surface area contributed by atoms with E-state index in [1.54, 1.807) is 0 Å². The Bertz CT molecular complexity index is 1580. The first-order valence-corrected chi connectivity index (χ1v) is 11.9. The van der Waals surface area contributed by atoms with Crippen molar-refractivity contribution in [1.82, 2.24) is 0 Å². The van der Waals surface area contributed by atoms with Gasteiger partial charge in [0.25, 0.3) is 0 Å². The van der Waals surface area contributed by atoms with Crippen molar-refractivity contribution in [3.63, 3.8) is 0 Å². The molecule has 12 nitrogen and oxygen atoms in total. The lowest BCUT2D eigenvalue weighted by molar-refractivity contribution is -0.135. The molecule has 0 heterocycles. The number of rotatable bonds is 13. The molecular weight excluding hydrogens is 552 g/mol. The van der Waals surface area contributed by atoms with Crippen molar-refractivity contribution in [2.45, 2.75) is 0 Å². The van der Waals surface area contributed by atoms with Gasteiger partial charge in [0.05, 0.1) is 21.3 Å². The number of phenols is 1. The SMILES string of the molecule is COc1cc(C=C(Oc2ccc(C=C(Oc3ccc(C=CC(=O)O)cc3OC)C(=O)O)cc2OC)C(=O)O)ccc1O. The van der Waals surface area contributed by atoms with Gasteiger partial charge in [0.2, 0.25) is 11.5 Å². The Kier molecular flexibility index (Phi) is 10.2. The van der Waals surface area contributed by atoms with E-state index in [2.05, 4.69) is 0 Å². The molecule has 0 fully saturated rings. The predicted octanol–water partition coefficient (Wildman–Crippen LogP) is 4.52. The molecule has 42 heavy (non-hydrogen) atoms. The number of carbonyl (C=O) groups is 3. The first-order chi connectivity index (χ1) is 20.0. The van der Waals surface area contributed by atoms with Crippen molar-refractivity contribution in [3.05, 3.63) is 88.9 Å². The Morgan fingerprint density at radius 1 is 0.595 bits per heavy atom. The van der Waals surface area contributed by atoms with Gasteiger partial charge < -0.3 is 44.1 Å². The van der Waals surface area contributed by atoms with E-state index in [9.17, 15) is 29.7 Å². The lowest BCUT2D eigenvalue weighted by atomic mass is 10.1. The Balaban J connectivity index is 1.91. The van der Waals surface area contributed by atoms with Gasteiger partial charge in [0.15, 0.2) is 34.5 Å². The summed E-state index contributed by atoms with van der Waals surface area (Å²) in [6.07, 6.45) is 4.72. The number of methoxy groups -OCH3 is 3. The van der Waals surface area contributed by atoms with Crippen LogP contribution in [-0.2, 0) is 14.4 Å². The minimum atomic E-state index is -1.40. The van der Waals surface area contributed by atoms with Crippen molar-refractivity contribution >= 4 is 36.1 Å². The van der Waals surface area contributed by atoms with Gasteiger partial charge in [-0.2, -0.15) is 0 Å². The summed E-state index contributed by atoms with van der Waals surface area (Å²) in [5, 5.41) is 38.0. The second-order valence-corrected chi connectivity index (χ2v) is 8.26. The molecule has 0 bridgehead atoms. The van der Waals surface area contributed by atoms with Crippen LogP contribution in [-0.4, -0.2) is 59.7 Å². The fraction of sp³-hybridized carbons (Fsp3) is 0.100. The molecule has 0 amide bonds. The van der Waals surface area contributed by atoms with Crippen molar-refractivity contribution in [1.29, 1.82) is 0 Å². The van der Waals surface area contributed by atoms with Gasteiger partial charge in [-0.3, -0.25) is 0 Å². The van der Waals surface area contributed by atoms with Crippen LogP contribution in [0.15, 0.2) is 72.2 Å². The molecule has 3 aromatic carbocycles. The number of carboxylic acids is 3. The standard InChI is InChI=1S/C30H26O12/c1-38-23-13-18(4-8-20(23)31)15-26(29(34)35)42-22-10-6-19(14-25(22)40-3)16-27(30(36)37)41-21-9-5-17(7-11-28(32)33)12-24(21)39-2/h4-16,31H,1-3H3,(H,32,33)(H,34,35)(H,36,37). The zero-order valence-electron chi connectivity index (χ0n) is 22.6. The molecule has 12 heteroatoms. The van der Waals surface area contributed by atoms with Crippen LogP contribution in [0.25, 0.3) is 18.2 Å². The third-order valence-electron chi connectivity index (χ3n) is 5.45. The number of carboxylic acid groups (broad SMARTS) is 3. The summed E-state index contributed by atoms with van der Waals surface area (Å²) in [5.41, 5.74) is 1.19. The minimum absolute atomic E-state index is 0.0264. The quantitative estimate of drug-likeness (QED) is 0.165. The summed E-state index contributed by atoms with van der Waals surface area (Å²) in [6, 6.07) is 12.9. The highest BCUT2D eigenvalue weighted by molar-refractivity contribution is 5.92. The number of ether oxygens (including phenoxy) is 5. The Labute approximate surface area is 239 Å². The van der Waals surface area contributed by atoms with Crippen molar-refractivity contribution in [2.24, 2.45) is 0 Å². The second-order valence-electron chi connectivity index (χ2n) is 8.26. The predicted molar refractivity (Wildman–Crippen MR) is 150 cm³/mol. The first-order valence-electron chi connectivity index (χ1n) is 11.9. The Morgan fingerprint density at radius 2 is 1.02 bits per heavy atom. The van der Waals surface area contributed by atoms with E-state index >= 15 is 0 Å². The monoisotopic (exact) mass is 578 g/mol. The van der Waals surface area contributed by atoms with Gasteiger partial charge in [-0.1, -0.05) is 18.2 Å². The molecular formula is C30H26O12. The van der Waals surface area contributed by atoms with E-state index in [0.29, 0.717) is 16.7 Å². The van der Waals surface area contributed by atoms with E-state index in [0.717, 1.165) is 6.08 Å². The van der Waals surface area contributed by atoms with Crippen molar-refractivity contribution in [3.8, 4) is 34.5 Å². The van der Waals surface area contributed by atoms with E-state index in [4.69, 9.17) is 28.8 Å². The molecule has 0 radical (unpaired) electrons. The Hall–Kier alpha value is -5.91. The molecule has 0 spiro atoms. The highest BCUT2D eigenvalue weighted by atomic mass is 16.5. The summed E-state index contributed by atoms with van der Waals surface area (Å²) in [5.74, 6) is -4.49. The van der Waals surface area contributed by atoms with Gasteiger partial charge in [0.1, 0.15) is 0 Å².